The average molecular weight is 406 g/mol. The number of hydrogen-bond donors (Lipinski definition) is 1. The van der Waals surface area contributed by atoms with E-state index in [-0.39, 0.29) is 0 Å². The zero-order valence-corrected chi connectivity index (χ0v) is 16.3. The molecule has 0 aliphatic rings. The van der Waals surface area contributed by atoms with Crippen LogP contribution in [0.5, 0.6) is 17.2 Å². The van der Waals surface area contributed by atoms with Gasteiger partial charge in [0.1, 0.15) is 12.4 Å². The van der Waals surface area contributed by atoms with Gasteiger partial charge in [0.15, 0.2) is 11.5 Å². The first-order valence-corrected chi connectivity index (χ1v) is 9.12. The predicted octanol–water partition coefficient (Wildman–Crippen LogP) is 5.42. The number of rotatable bonds is 10. The topological polar surface area (TPSA) is 39.7 Å². The van der Waals surface area contributed by atoms with Gasteiger partial charge in [-0.15, -0.1) is 0 Å². The van der Waals surface area contributed by atoms with Crippen LogP contribution < -0.4 is 19.5 Å². The largest absolute Gasteiger partial charge is 0.494 e. The molecule has 0 bridgehead atoms. The number of nitrogens with one attached hydrogen (secondary N) is 1. The van der Waals surface area contributed by atoms with Crippen molar-refractivity contribution in [2.75, 3.05) is 25.1 Å². The molecule has 0 saturated heterocycles. The second-order valence-electron chi connectivity index (χ2n) is 5.25. The van der Waals surface area contributed by atoms with Gasteiger partial charge in [0.2, 0.25) is 0 Å². The summed E-state index contributed by atoms with van der Waals surface area (Å²) in [6.45, 7) is 9.96. The molecule has 0 aliphatic carbocycles. The monoisotopic (exact) mass is 405 g/mol. The van der Waals surface area contributed by atoms with Crippen LogP contribution in [-0.4, -0.2) is 19.8 Å². The van der Waals surface area contributed by atoms with Crippen molar-refractivity contribution < 1.29 is 14.2 Å². The van der Waals surface area contributed by atoms with Gasteiger partial charge in [-0.2, -0.15) is 0 Å². The van der Waals surface area contributed by atoms with E-state index < -0.39 is 0 Å². The molecule has 0 aliphatic heterocycles. The van der Waals surface area contributed by atoms with Crippen molar-refractivity contribution >= 4 is 21.6 Å². The molecule has 5 heteroatoms. The highest BCUT2D eigenvalue weighted by Crippen LogP contribution is 2.37. The first-order valence-electron chi connectivity index (χ1n) is 8.33. The van der Waals surface area contributed by atoms with E-state index in [0.29, 0.717) is 32.1 Å². The Balaban J connectivity index is 2.09. The van der Waals surface area contributed by atoms with Crippen LogP contribution in [0.1, 0.15) is 19.4 Å². The number of anilines is 1. The van der Waals surface area contributed by atoms with Gasteiger partial charge in [0, 0.05) is 12.2 Å². The van der Waals surface area contributed by atoms with E-state index in [1.807, 2.05) is 50.2 Å². The molecule has 1 N–H and O–H groups in total. The van der Waals surface area contributed by atoms with Gasteiger partial charge in [-0.1, -0.05) is 12.7 Å². The standard InChI is InChI=1S/C20H24BrNO3/c1-4-11-25-20-18(21)12-15(13-19(20)24-6-3)14-22-16-7-9-17(10-8-16)23-5-2/h4,7-10,12-13,22H,1,5-6,11,14H2,2-3H3. The highest BCUT2D eigenvalue weighted by atomic mass is 79.9. The fraction of sp³-hybridized carbons (Fsp3) is 0.300. The first kappa shape index (κ1) is 19.2. The van der Waals surface area contributed by atoms with Crippen LogP contribution in [0.15, 0.2) is 53.5 Å². The zero-order valence-electron chi connectivity index (χ0n) is 14.7. The fourth-order valence-electron chi connectivity index (χ4n) is 2.31. The van der Waals surface area contributed by atoms with Crippen molar-refractivity contribution in [1.29, 1.82) is 0 Å². The van der Waals surface area contributed by atoms with Crippen LogP contribution in [0.25, 0.3) is 0 Å². The van der Waals surface area contributed by atoms with Crippen molar-refractivity contribution in [2.45, 2.75) is 20.4 Å². The Kier molecular flexibility index (Phi) is 7.67. The molecular weight excluding hydrogens is 382 g/mol. The third-order valence-corrected chi connectivity index (χ3v) is 3.97. The zero-order chi connectivity index (χ0) is 18.1. The SMILES string of the molecule is C=CCOc1c(Br)cc(CNc2ccc(OCC)cc2)cc1OCC. The van der Waals surface area contributed by atoms with E-state index in [9.17, 15) is 0 Å². The van der Waals surface area contributed by atoms with Gasteiger partial charge in [0.25, 0.3) is 0 Å². The van der Waals surface area contributed by atoms with Crippen molar-refractivity contribution in [3.8, 4) is 17.2 Å². The number of ether oxygens (including phenoxy) is 3. The van der Waals surface area contributed by atoms with Gasteiger partial charge in [-0.3, -0.25) is 0 Å². The number of hydrogen-bond acceptors (Lipinski definition) is 4. The predicted molar refractivity (Wildman–Crippen MR) is 106 cm³/mol. The Labute approximate surface area is 157 Å². The maximum absolute atomic E-state index is 5.72. The lowest BCUT2D eigenvalue weighted by atomic mass is 10.2. The maximum Gasteiger partial charge on any atom is 0.175 e. The van der Waals surface area contributed by atoms with Crippen molar-refractivity contribution in [1.82, 2.24) is 0 Å². The van der Waals surface area contributed by atoms with E-state index >= 15 is 0 Å². The molecule has 0 atom stereocenters. The third-order valence-electron chi connectivity index (χ3n) is 3.38. The van der Waals surface area contributed by atoms with Crippen LogP contribution in [0, 0.1) is 0 Å². The Morgan fingerprint density at radius 2 is 1.76 bits per heavy atom. The van der Waals surface area contributed by atoms with Crippen LogP contribution in [0.2, 0.25) is 0 Å². The van der Waals surface area contributed by atoms with E-state index in [0.717, 1.165) is 27.2 Å². The van der Waals surface area contributed by atoms with Gasteiger partial charge >= 0.3 is 0 Å². The molecule has 0 heterocycles. The molecule has 2 aromatic rings. The average Bonchev–Trinajstić information content (AvgIpc) is 2.61. The molecule has 0 radical (unpaired) electrons. The smallest absolute Gasteiger partial charge is 0.175 e. The van der Waals surface area contributed by atoms with E-state index in [1.54, 1.807) is 6.08 Å². The molecule has 2 aromatic carbocycles. The Morgan fingerprint density at radius 1 is 1.04 bits per heavy atom. The summed E-state index contributed by atoms with van der Waals surface area (Å²) in [6.07, 6.45) is 1.71. The van der Waals surface area contributed by atoms with Gasteiger partial charge in [-0.05, 0) is 71.7 Å². The minimum absolute atomic E-state index is 0.433. The van der Waals surface area contributed by atoms with Crippen LogP contribution >= 0.6 is 15.9 Å². The minimum Gasteiger partial charge on any atom is -0.494 e. The number of halogens is 1. The number of benzene rings is 2. The Hall–Kier alpha value is -2.14. The summed E-state index contributed by atoms with van der Waals surface area (Å²) >= 11 is 3.57. The summed E-state index contributed by atoms with van der Waals surface area (Å²) in [7, 11) is 0. The molecular formula is C20H24BrNO3. The van der Waals surface area contributed by atoms with Crippen molar-refractivity contribution in [2.24, 2.45) is 0 Å². The lowest BCUT2D eigenvalue weighted by molar-refractivity contribution is 0.295. The molecule has 0 aromatic heterocycles. The van der Waals surface area contributed by atoms with Crippen molar-refractivity contribution in [3.05, 3.63) is 59.1 Å². The second-order valence-corrected chi connectivity index (χ2v) is 6.10. The summed E-state index contributed by atoms with van der Waals surface area (Å²) in [5, 5.41) is 3.40. The fourth-order valence-corrected chi connectivity index (χ4v) is 2.91. The molecule has 134 valence electrons. The van der Waals surface area contributed by atoms with E-state index in [2.05, 4.69) is 27.8 Å². The van der Waals surface area contributed by atoms with E-state index in [4.69, 9.17) is 14.2 Å². The lowest BCUT2D eigenvalue weighted by Crippen LogP contribution is -2.04. The van der Waals surface area contributed by atoms with Gasteiger partial charge in [-0.25, -0.2) is 0 Å². The Bertz CT molecular complexity index is 686. The molecule has 4 nitrogen and oxygen atoms in total. The Morgan fingerprint density at radius 3 is 2.40 bits per heavy atom. The maximum atomic E-state index is 5.72. The van der Waals surface area contributed by atoms with Gasteiger partial charge < -0.3 is 19.5 Å². The summed E-state index contributed by atoms with van der Waals surface area (Å²) in [5.74, 6) is 2.30. The van der Waals surface area contributed by atoms with Crippen LogP contribution in [-0.2, 0) is 6.54 Å². The first-order chi connectivity index (χ1) is 12.2. The molecule has 25 heavy (non-hydrogen) atoms. The van der Waals surface area contributed by atoms with Gasteiger partial charge in [0.05, 0.1) is 17.7 Å². The molecule has 0 spiro atoms. The van der Waals surface area contributed by atoms with Crippen molar-refractivity contribution in [3.63, 3.8) is 0 Å². The highest BCUT2D eigenvalue weighted by Gasteiger charge is 2.12. The van der Waals surface area contributed by atoms with E-state index in [1.165, 1.54) is 0 Å². The molecule has 0 amide bonds. The van der Waals surface area contributed by atoms with Crippen LogP contribution in [0.4, 0.5) is 5.69 Å². The lowest BCUT2D eigenvalue weighted by Gasteiger charge is -2.15. The summed E-state index contributed by atoms with van der Waals surface area (Å²) in [6, 6.07) is 12.0. The molecule has 2 rings (SSSR count). The van der Waals surface area contributed by atoms with Crippen LogP contribution in [0.3, 0.4) is 0 Å². The summed E-state index contributed by atoms with van der Waals surface area (Å²) in [5.41, 5.74) is 2.12. The molecule has 0 saturated carbocycles. The summed E-state index contributed by atoms with van der Waals surface area (Å²) in [4.78, 5) is 0. The quantitative estimate of drug-likeness (QED) is 0.535. The normalized spacial score (nSPS) is 10.2. The third kappa shape index (κ3) is 5.71. The minimum atomic E-state index is 0.433. The highest BCUT2D eigenvalue weighted by molar-refractivity contribution is 9.10. The molecule has 0 unspecified atom stereocenters. The summed E-state index contributed by atoms with van der Waals surface area (Å²) < 4.78 is 17.7. The molecule has 0 fully saturated rings. The second kappa shape index (κ2) is 9.99.